The predicted molar refractivity (Wildman–Crippen MR) is 89.0 cm³/mol. The van der Waals surface area contributed by atoms with Crippen molar-refractivity contribution in [1.82, 2.24) is 5.32 Å². The van der Waals surface area contributed by atoms with Crippen LogP contribution >= 0.6 is 11.6 Å². The van der Waals surface area contributed by atoms with Gasteiger partial charge >= 0.3 is 12.1 Å². The summed E-state index contributed by atoms with van der Waals surface area (Å²) in [5, 5.41) is 2.10. The molecule has 1 unspecified atom stereocenters. The van der Waals surface area contributed by atoms with E-state index in [0.29, 0.717) is 12.8 Å². The predicted octanol–water partition coefficient (Wildman–Crippen LogP) is 4.22. The molecule has 1 atom stereocenters. The molecule has 0 aromatic heterocycles. The number of halogens is 4. The van der Waals surface area contributed by atoms with E-state index in [9.17, 15) is 22.8 Å². The van der Waals surface area contributed by atoms with Crippen LogP contribution in [0.3, 0.4) is 0 Å². The van der Waals surface area contributed by atoms with Crippen LogP contribution in [-0.2, 0) is 20.5 Å². The summed E-state index contributed by atoms with van der Waals surface area (Å²) < 4.78 is 43.2. The molecule has 1 aromatic rings. The molecule has 0 saturated heterocycles. The first-order valence-corrected chi connectivity index (χ1v) is 7.86. The Kier molecular flexibility index (Phi) is 7.05. The Balaban J connectivity index is 2.95. The van der Waals surface area contributed by atoms with Gasteiger partial charge in [-0.25, -0.2) is 4.79 Å². The Labute approximate surface area is 149 Å². The molecular formula is C17H19ClF3NO3. The van der Waals surface area contributed by atoms with Gasteiger partial charge in [-0.15, -0.1) is 0 Å². The summed E-state index contributed by atoms with van der Waals surface area (Å²) in [5.41, 5.74) is -2.04. The number of nitrogens with one attached hydrogen (secondary N) is 1. The number of hydrogen-bond donors (Lipinski definition) is 1. The van der Waals surface area contributed by atoms with Crippen molar-refractivity contribution < 1.29 is 27.5 Å². The van der Waals surface area contributed by atoms with Gasteiger partial charge in [0.25, 0.3) is 0 Å². The lowest BCUT2D eigenvalue weighted by atomic mass is 9.96. The van der Waals surface area contributed by atoms with Crippen molar-refractivity contribution in [2.75, 3.05) is 7.11 Å². The monoisotopic (exact) mass is 377 g/mol. The second-order valence-corrected chi connectivity index (χ2v) is 6.04. The molecule has 25 heavy (non-hydrogen) atoms. The van der Waals surface area contributed by atoms with Gasteiger partial charge in [0.1, 0.15) is 5.54 Å². The Hall–Kier alpha value is -2.02. The molecule has 0 saturated carbocycles. The molecule has 1 rings (SSSR count). The lowest BCUT2D eigenvalue weighted by Gasteiger charge is -2.26. The van der Waals surface area contributed by atoms with Crippen LogP contribution in [0, 0.1) is 0 Å². The van der Waals surface area contributed by atoms with Crippen LogP contribution in [0.5, 0.6) is 0 Å². The van der Waals surface area contributed by atoms with Crippen molar-refractivity contribution in [3.63, 3.8) is 0 Å². The van der Waals surface area contributed by atoms with E-state index in [4.69, 9.17) is 11.6 Å². The second kappa shape index (κ2) is 8.38. The van der Waals surface area contributed by atoms with Gasteiger partial charge in [-0.1, -0.05) is 31.0 Å². The van der Waals surface area contributed by atoms with Crippen molar-refractivity contribution >= 4 is 29.6 Å². The second-order valence-electron chi connectivity index (χ2n) is 5.63. The van der Waals surface area contributed by atoms with E-state index in [1.54, 1.807) is 0 Å². The van der Waals surface area contributed by atoms with Crippen LogP contribution < -0.4 is 5.32 Å². The highest BCUT2D eigenvalue weighted by atomic mass is 35.5. The fraction of sp³-hybridized carbons (Fsp3) is 0.412. The van der Waals surface area contributed by atoms with E-state index in [0.717, 1.165) is 18.2 Å². The molecule has 0 spiro atoms. The first-order valence-electron chi connectivity index (χ1n) is 7.49. The molecule has 4 nitrogen and oxygen atoms in total. The summed E-state index contributed by atoms with van der Waals surface area (Å²) in [6.07, 6.45) is -1.33. The maximum atomic E-state index is 12.8. The van der Waals surface area contributed by atoms with E-state index in [2.05, 4.69) is 10.1 Å². The van der Waals surface area contributed by atoms with E-state index in [1.165, 1.54) is 26.2 Å². The minimum atomic E-state index is -4.59. The topological polar surface area (TPSA) is 55.4 Å². The highest BCUT2D eigenvalue weighted by molar-refractivity contribution is 6.31. The van der Waals surface area contributed by atoms with Crippen LogP contribution in [-0.4, -0.2) is 24.5 Å². The molecule has 0 radical (unpaired) electrons. The number of methoxy groups -OCH3 is 1. The van der Waals surface area contributed by atoms with E-state index < -0.39 is 34.2 Å². The van der Waals surface area contributed by atoms with Crippen LogP contribution in [0.4, 0.5) is 13.2 Å². The Morgan fingerprint density at radius 2 is 1.96 bits per heavy atom. The van der Waals surface area contributed by atoms with Gasteiger partial charge in [0.05, 0.1) is 17.7 Å². The number of esters is 1. The standard InChI is InChI=1S/C17H19ClF3NO3/c1-4-9-16(2,15(24)25-3)22-14(23)8-6-11-5-7-13(18)12(10-11)17(19,20)21/h5-8,10H,4,9H2,1-3H3,(H,22,23)/b8-6+. The third kappa shape index (κ3) is 5.77. The molecule has 0 bridgehead atoms. The lowest BCUT2D eigenvalue weighted by molar-refractivity contribution is -0.150. The quantitative estimate of drug-likeness (QED) is 0.596. The minimum absolute atomic E-state index is 0.155. The van der Waals surface area contributed by atoms with E-state index in [-0.39, 0.29) is 5.56 Å². The van der Waals surface area contributed by atoms with Gasteiger partial charge in [-0.05, 0) is 37.1 Å². The largest absolute Gasteiger partial charge is 0.467 e. The molecule has 0 aliphatic rings. The van der Waals surface area contributed by atoms with Gasteiger partial charge in [-0.3, -0.25) is 4.79 Å². The number of benzene rings is 1. The number of hydrogen-bond acceptors (Lipinski definition) is 3. The third-order valence-electron chi connectivity index (χ3n) is 3.51. The van der Waals surface area contributed by atoms with Gasteiger partial charge in [0, 0.05) is 6.08 Å². The number of carbonyl (C=O) groups is 2. The van der Waals surface area contributed by atoms with Crippen LogP contribution in [0.25, 0.3) is 6.08 Å². The fourth-order valence-electron chi connectivity index (χ4n) is 2.29. The average Bonchev–Trinajstić information content (AvgIpc) is 2.52. The SMILES string of the molecule is CCCC(C)(NC(=O)/C=C/c1ccc(Cl)c(C(F)(F)F)c1)C(=O)OC. The molecule has 1 N–H and O–H groups in total. The molecule has 1 aromatic carbocycles. The molecule has 0 fully saturated rings. The van der Waals surface area contributed by atoms with Crippen molar-refractivity contribution in [3.05, 3.63) is 40.4 Å². The Bertz CT molecular complexity index is 674. The maximum Gasteiger partial charge on any atom is 0.417 e. The highest BCUT2D eigenvalue weighted by Crippen LogP contribution is 2.35. The Morgan fingerprint density at radius 3 is 2.48 bits per heavy atom. The summed E-state index contributed by atoms with van der Waals surface area (Å²) in [6, 6.07) is 3.31. The zero-order valence-electron chi connectivity index (χ0n) is 14.0. The molecule has 138 valence electrons. The van der Waals surface area contributed by atoms with Crippen LogP contribution in [0.1, 0.15) is 37.8 Å². The summed E-state index contributed by atoms with van der Waals surface area (Å²) in [4.78, 5) is 23.8. The number of carbonyl (C=O) groups excluding carboxylic acids is 2. The summed E-state index contributed by atoms with van der Waals surface area (Å²) in [5.74, 6) is -1.22. The summed E-state index contributed by atoms with van der Waals surface area (Å²) >= 11 is 5.54. The van der Waals surface area contributed by atoms with Gasteiger partial charge in [0.15, 0.2) is 0 Å². The number of alkyl halides is 3. The average molecular weight is 378 g/mol. The molecule has 0 aliphatic heterocycles. The van der Waals surface area contributed by atoms with E-state index in [1.807, 2.05) is 6.92 Å². The fourth-order valence-corrected chi connectivity index (χ4v) is 2.51. The minimum Gasteiger partial charge on any atom is -0.467 e. The number of ether oxygens (including phenoxy) is 1. The smallest absolute Gasteiger partial charge is 0.417 e. The van der Waals surface area contributed by atoms with Crippen molar-refractivity contribution in [3.8, 4) is 0 Å². The first-order chi connectivity index (χ1) is 11.5. The van der Waals surface area contributed by atoms with Gasteiger partial charge in [-0.2, -0.15) is 13.2 Å². The molecule has 0 aliphatic carbocycles. The van der Waals surface area contributed by atoms with Crippen molar-refractivity contribution in [2.24, 2.45) is 0 Å². The van der Waals surface area contributed by atoms with E-state index >= 15 is 0 Å². The number of rotatable bonds is 6. The van der Waals surface area contributed by atoms with Crippen molar-refractivity contribution in [2.45, 2.75) is 38.4 Å². The molecule has 1 amide bonds. The van der Waals surface area contributed by atoms with Gasteiger partial charge in [0.2, 0.25) is 5.91 Å². The van der Waals surface area contributed by atoms with Gasteiger partial charge < -0.3 is 10.1 Å². The Morgan fingerprint density at radius 1 is 1.32 bits per heavy atom. The third-order valence-corrected chi connectivity index (χ3v) is 3.84. The molecule has 0 heterocycles. The number of amides is 1. The van der Waals surface area contributed by atoms with Crippen LogP contribution in [0.15, 0.2) is 24.3 Å². The zero-order valence-corrected chi connectivity index (χ0v) is 14.8. The maximum absolute atomic E-state index is 12.8. The molecule has 8 heteroatoms. The van der Waals surface area contributed by atoms with Crippen molar-refractivity contribution in [1.29, 1.82) is 0 Å². The normalized spacial score (nSPS) is 14.2. The zero-order chi connectivity index (χ0) is 19.3. The molecular weight excluding hydrogens is 359 g/mol. The summed E-state index contributed by atoms with van der Waals surface area (Å²) in [6.45, 7) is 3.37. The van der Waals surface area contributed by atoms with Crippen LogP contribution in [0.2, 0.25) is 5.02 Å². The highest BCUT2D eigenvalue weighted by Gasteiger charge is 2.35. The first kappa shape index (κ1) is 21.0. The lowest BCUT2D eigenvalue weighted by Crippen LogP contribution is -2.52. The summed E-state index contributed by atoms with van der Waals surface area (Å²) in [7, 11) is 1.21.